The quantitative estimate of drug-likeness (QED) is 0.490. The average molecular weight is 445 g/mol. The number of carbonyl (C=O) groups excluding carboxylic acids is 3. The van der Waals surface area contributed by atoms with Gasteiger partial charge in [0.2, 0.25) is 5.91 Å². The number of nitrogens with zero attached hydrogens (tertiary/aromatic N) is 2. The summed E-state index contributed by atoms with van der Waals surface area (Å²) in [5.41, 5.74) is 1.41. The van der Waals surface area contributed by atoms with Gasteiger partial charge >= 0.3 is 0 Å². The van der Waals surface area contributed by atoms with Crippen LogP contribution < -0.4 is 9.64 Å². The average Bonchev–Trinajstić information content (AvgIpc) is 3.07. The minimum Gasteiger partial charge on any atom is -0.457 e. The molecule has 3 amide bonds. The summed E-state index contributed by atoms with van der Waals surface area (Å²) < 4.78 is 5.83. The van der Waals surface area contributed by atoms with Crippen LogP contribution in [-0.2, 0) is 9.59 Å². The van der Waals surface area contributed by atoms with Gasteiger partial charge < -0.3 is 9.64 Å². The molecule has 0 N–H and O–H groups in total. The second-order valence-electron chi connectivity index (χ2n) is 7.04. The molecule has 3 aromatic rings. The molecule has 0 atom stereocenters. The van der Waals surface area contributed by atoms with E-state index in [1.165, 1.54) is 4.90 Å². The second-order valence-corrected chi connectivity index (χ2v) is 8.04. The molecule has 1 aliphatic rings. The smallest absolute Gasteiger partial charge is 0.294 e. The van der Waals surface area contributed by atoms with Crippen molar-refractivity contribution in [2.75, 3.05) is 18.5 Å². The fraction of sp³-hybridized carbons (Fsp3) is 0.0800. The van der Waals surface area contributed by atoms with Crippen LogP contribution in [0.25, 0.3) is 6.08 Å². The minimum absolute atomic E-state index is 0.266. The fourth-order valence-electron chi connectivity index (χ4n) is 3.12. The molecule has 160 valence electrons. The van der Waals surface area contributed by atoms with Crippen LogP contribution in [0.3, 0.4) is 0 Å². The summed E-state index contributed by atoms with van der Waals surface area (Å²) in [6.45, 7) is -0.315. The van der Waals surface area contributed by atoms with Crippen molar-refractivity contribution in [3.05, 3.63) is 95.4 Å². The van der Waals surface area contributed by atoms with E-state index in [4.69, 9.17) is 4.74 Å². The molecule has 4 rings (SSSR count). The molecule has 32 heavy (non-hydrogen) atoms. The summed E-state index contributed by atoms with van der Waals surface area (Å²) in [6, 6.07) is 25.7. The monoisotopic (exact) mass is 444 g/mol. The number of amides is 3. The lowest BCUT2D eigenvalue weighted by Crippen LogP contribution is -2.40. The number of thioether (sulfide) groups is 1. The Bertz CT molecular complexity index is 1180. The van der Waals surface area contributed by atoms with Crippen LogP contribution in [0.4, 0.5) is 10.5 Å². The van der Waals surface area contributed by atoms with Crippen LogP contribution in [0.15, 0.2) is 89.8 Å². The number of carbonyl (C=O) groups is 3. The highest BCUT2D eigenvalue weighted by molar-refractivity contribution is 8.18. The summed E-state index contributed by atoms with van der Waals surface area (Å²) >= 11 is 0.823. The third-order valence-corrected chi connectivity index (χ3v) is 5.73. The number of likely N-dealkylation sites (N-methyl/N-ethyl adjacent to an activating group) is 1. The van der Waals surface area contributed by atoms with Crippen molar-refractivity contribution in [2.24, 2.45) is 0 Å². The Morgan fingerprint density at radius 3 is 2.31 bits per heavy atom. The van der Waals surface area contributed by atoms with Crippen LogP contribution in [-0.4, -0.2) is 35.5 Å². The van der Waals surface area contributed by atoms with Crippen LogP contribution >= 0.6 is 11.8 Å². The van der Waals surface area contributed by atoms with Crippen molar-refractivity contribution in [3.63, 3.8) is 0 Å². The molecule has 0 unspecified atom stereocenters. The molecule has 0 saturated carbocycles. The van der Waals surface area contributed by atoms with Gasteiger partial charge in [-0.3, -0.25) is 19.3 Å². The zero-order valence-corrected chi connectivity index (χ0v) is 18.1. The Hall–Kier alpha value is -3.84. The van der Waals surface area contributed by atoms with E-state index in [2.05, 4.69) is 0 Å². The molecule has 0 spiro atoms. The van der Waals surface area contributed by atoms with Crippen LogP contribution in [0.1, 0.15) is 5.56 Å². The normalized spacial score (nSPS) is 14.7. The summed E-state index contributed by atoms with van der Waals surface area (Å²) in [5, 5.41) is -0.465. The zero-order valence-electron chi connectivity index (χ0n) is 17.3. The Balaban J connectivity index is 1.46. The van der Waals surface area contributed by atoms with E-state index in [1.54, 1.807) is 31.3 Å². The maximum atomic E-state index is 12.8. The summed E-state index contributed by atoms with van der Waals surface area (Å²) in [7, 11) is 1.62. The molecule has 1 fully saturated rings. The van der Waals surface area contributed by atoms with E-state index in [9.17, 15) is 14.4 Å². The van der Waals surface area contributed by atoms with Crippen molar-refractivity contribution in [1.82, 2.24) is 4.90 Å². The minimum atomic E-state index is -0.482. The van der Waals surface area contributed by atoms with Gasteiger partial charge in [0.25, 0.3) is 11.1 Å². The van der Waals surface area contributed by atoms with E-state index in [0.717, 1.165) is 22.2 Å². The first-order chi connectivity index (χ1) is 15.5. The largest absolute Gasteiger partial charge is 0.457 e. The summed E-state index contributed by atoms with van der Waals surface area (Å²) in [5.74, 6) is 0.483. The predicted octanol–water partition coefficient (Wildman–Crippen LogP) is 5.18. The third-order valence-electron chi connectivity index (χ3n) is 4.82. The molecule has 1 heterocycles. The number of ether oxygens (including phenoxy) is 1. The van der Waals surface area contributed by atoms with Crippen molar-refractivity contribution in [3.8, 4) is 11.5 Å². The highest BCUT2D eigenvalue weighted by Crippen LogP contribution is 2.33. The lowest BCUT2D eigenvalue weighted by atomic mass is 10.2. The second kappa shape index (κ2) is 9.53. The first-order valence-corrected chi connectivity index (χ1v) is 10.7. The first kappa shape index (κ1) is 21.4. The molecule has 0 aromatic heterocycles. The van der Waals surface area contributed by atoms with E-state index < -0.39 is 11.1 Å². The summed E-state index contributed by atoms with van der Waals surface area (Å²) in [4.78, 5) is 40.5. The van der Waals surface area contributed by atoms with Gasteiger partial charge in [-0.05, 0) is 59.8 Å². The molecule has 7 heteroatoms. The lowest BCUT2D eigenvalue weighted by molar-refractivity contribution is -0.128. The van der Waals surface area contributed by atoms with Gasteiger partial charge in [0.1, 0.15) is 18.0 Å². The number of imide groups is 1. The van der Waals surface area contributed by atoms with Crippen molar-refractivity contribution in [1.29, 1.82) is 0 Å². The summed E-state index contributed by atoms with van der Waals surface area (Å²) in [6.07, 6.45) is 1.63. The van der Waals surface area contributed by atoms with Gasteiger partial charge in [0, 0.05) is 12.7 Å². The van der Waals surface area contributed by atoms with Gasteiger partial charge in [0.15, 0.2) is 0 Å². The molecule has 0 radical (unpaired) electrons. The van der Waals surface area contributed by atoms with Gasteiger partial charge in [0.05, 0.1) is 4.91 Å². The molecule has 1 saturated heterocycles. The van der Waals surface area contributed by atoms with Crippen molar-refractivity contribution >= 4 is 40.6 Å². The van der Waals surface area contributed by atoms with Crippen LogP contribution in [0.5, 0.6) is 11.5 Å². The molecule has 0 bridgehead atoms. The molecular formula is C25H20N2O4S. The third kappa shape index (κ3) is 4.90. The van der Waals surface area contributed by atoms with Crippen LogP contribution in [0, 0.1) is 0 Å². The molecular weight excluding hydrogens is 424 g/mol. The van der Waals surface area contributed by atoms with Crippen LogP contribution in [0.2, 0.25) is 0 Å². The topological polar surface area (TPSA) is 66.9 Å². The number of hydrogen-bond acceptors (Lipinski definition) is 5. The SMILES string of the molecule is CN(C(=O)CN1C(=O)S/C(=C\c2cccc(Oc3ccccc3)c2)C1=O)c1ccccc1. The zero-order chi connectivity index (χ0) is 22.5. The van der Waals surface area contributed by atoms with Gasteiger partial charge in [-0.1, -0.05) is 48.5 Å². The Morgan fingerprint density at radius 1 is 0.938 bits per heavy atom. The molecule has 6 nitrogen and oxygen atoms in total. The van der Waals surface area contributed by atoms with Gasteiger partial charge in [-0.2, -0.15) is 0 Å². The van der Waals surface area contributed by atoms with Crippen molar-refractivity contribution < 1.29 is 19.1 Å². The number of benzene rings is 3. The van der Waals surface area contributed by atoms with E-state index in [0.29, 0.717) is 17.2 Å². The van der Waals surface area contributed by atoms with E-state index in [1.807, 2.05) is 66.7 Å². The highest BCUT2D eigenvalue weighted by Gasteiger charge is 2.36. The maximum absolute atomic E-state index is 12.8. The number of rotatable bonds is 6. The fourth-order valence-corrected chi connectivity index (χ4v) is 3.96. The predicted molar refractivity (Wildman–Crippen MR) is 125 cm³/mol. The highest BCUT2D eigenvalue weighted by atomic mass is 32.2. The Labute approximate surface area is 190 Å². The van der Waals surface area contributed by atoms with E-state index in [-0.39, 0.29) is 17.4 Å². The number of hydrogen-bond donors (Lipinski definition) is 0. The molecule has 1 aliphatic heterocycles. The Kier molecular flexibility index (Phi) is 6.37. The van der Waals surface area contributed by atoms with E-state index >= 15 is 0 Å². The lowest BCUT2D eigenvalue weighted by Gasteiger charge is -2.20. The number of para-hydroxylation sites is 2. The standard InChI is InChI=1S/C25H20N2O4S/c1-26(19-10-4-2-5-11-19)23(28)17-27-24(29)22(32-25(27)30)16-18-9-8-14-21(15-18)31-20-12-6-3-7-13-20/h2-16H,17H2,1H3/b22-16-. The van der Waals surface area contributed by atoms with Crippen molar-refractivity contribution in [2.45, 2.75) is 0 Å². The molecule has 0 aliphatic carbocycles. The number of anilines is 1. The Morgan fingerprint density at radius 2 is 1.59 bits per heavy atom. The van der Waals surface area contributed by atoms with Gasteiger partial charge in [-0.15, -0.1) is 0 Å². The maximum Gasteiger partial charge on any atom is 0.294 e. The molecule has 3 aromatic carbocycles. The van der Waals surface area contributed by atoms with Gasteiger partial charge in [-0.25, -0.2) is 0 Å². The first-order valence-electron chi connectivity index (χ1n) is 9.91.